The molecule has 0 saturated heterocycles. The summed E-state index contributed by atoms with van der Waals surface area (Å²) in [6.45, 7) is 0.0528. The number of benzene rings is 1. The van der Waals surface area contributed by atoms with Crippen LogP contribution in [0.4, 0.5) is 0 Å². The fourth-order valence-corrected chi connectivity index (χ4v) is 2.19. The van der Waals surface area contributed by atoms with Crippen LogP contribution in [0.5, 0.6) is 5.75 Å². The first-order valence-electron chi connectivity index (χ1n) is 5.16. The Balaban J connectivity index is 3.24. The first kappa shape index (κ1) is 15.0. The first-order valence-corrected chi connectivity index (χ1v) is 6.57. The van der Waals surface area contributed by atoms with E-state index in [1.54, 1.807) is 0 Å². The van der Waals surface area contributed by atoms with Crippen LogP contribution in [0.2, 0.25) is 0 Å². The monoisotopic (exact) mass is 283 g/mol. The van der Waals surface area contributed by atoms with Gasteiger partial charge in [-0.2, -0.15) is 8.42 Å². The van der Waals surface area contributed by atoms with E-state index in [9.17, 15) is 13.2 Å². The number of carbonyl (C=O) groups excluding carboxylic acids is 1. The van der Waals surface area contributed by atoms with Gasteiger partial charge in [-0.1, -0.05) is 5.92 Å². The van der Waals surface area contributed by atoms with Crippen LogP contribution in [-0.4, -0.2) is 35.1 Å². The molecule has 7 heteroatoms. The standard InChI is InChI=1S/C12H13NO5S/c1-4-7-13-12(14)9-5-6-10(17-2)11(8-9)19(15,16)18-3/h1,5-6,8H,7H2,2-3H3,(H,13,14). The molecule has 0 heterocycles. The summed E-state index contributed by atoms with van der Waals surface area (Å²) in [7, 11) is -1.61. The SMILES string of the molecule is C#CCNC(=O)c1ccc(OC)c(S(=O)(=O)OC)c1. The number of ether oxygens (including phenoxy) is 1. The molecular weight excluding hydrogens is 270 g/mol. The summed E-state index contributed by atoms with van der Waals surface area (Å²) < 4.78 is 32.7. The fraction of sp³-hybridized carbons (Fsp3) is 0.250. The van der Waals surface area contributed by atoms with Crippen molar-refractivity contribution in [3.8, 4) is 18.1 Å². The summed E-state index contributed by atoms with van der Waals surface area (Å²) in [5.41, 5.74) is 0.145. The lowest BCUT2D eigenvalue weighted by molar-refractivity contribution is 0.0958. The Labute approximate surface area is 111 Å². The van der Waals surface area contributed by atoms with Crippen molar-refractivity contribution < 1.29 is 22.1 Å². The molecule has 1 rings (SSSR count). The normalized spacial score (nSPS) is 10.6. The maximum Gasteiger partial charge on any atom is 0.300 e. The molecule has 19 heavy (non-hydrogen) atoms. The minimum atomic E-state index is -3.96. The second-order valence-electron chi connectivity index (χ2n) is 3.37. The summed E-state index contributed by atoms with van der Waals surface area (Å²) in [4.78, 5) is 11.5. The van der Waals surface area contributed by atoms with Gasteiger partial charge in [0, 0.05) is 5.56 Å². The molecule has 1 N–H and O–H groups in total. The molecule has 0 atom stereocenters. The molecule has 0 saturated carbocycles. The zero-order valence-electron chi connectivity index (χ0n) is 10.5. The van der Waals surface area contributed by atoms with E-state index in [1.165, 1.54) is 25.3 Å². The van der Waals surface area contributed by atoms with Crippen LogP contribution in [0, 0.1) is 12.3 Å². The number of carbonyl (C=O) groups is 1. The maximum atomic E-state index is 11.7. The van der Waals surface area contributed by atoms with Gasteiger partial charge in [-0.05, 0) is 18.2 Å². The van der Waals surface area contributed by atoms with Crippen molar-refractivity contribution in [3.63, 3.8) is 0 Å². The van der Waals surface area contributed by atoms with Crippen LogP contribution in [0.25, 0.3) is 0 Å². The number of rotatable bonds is 5. The average molecular weight is 283 g/mol. The fourth-order valence-electron chi connectivity index (χ4n) is 1.34. The second-order valence-corrected chi connectivity index (χ2v) is 5.05. The molecule has 0 radical (unpaired) electrons. The third-order valence-corrected chi connectivity index (χ3v) is 3.56. The van der Waals surface area contributed by atoms with Gasteiger partial charge in [0.05, 0.1) is 20.8 Å². The first-order chi connectivity index (χ1) is 8.96. The molecule has 0 fully saturated rings. The molecule has 1 aromatic carbocycles. The number of terminal acetylenes is 1. The lowest BCUT2D eigenvalue weighted by Crippen LogP contribution is -2.23. The summed E-state index contributed by atoms with van der Waals surface area (Å²) in [6.07, 6.45) is 5.02. The molecule has 0 aliphatic heterocycles. The van der Waals surface area contributed by atoms with Crippen molar-refractivity contribution in [2.75, 3.05) is 20.8 Å². The van der Waals surface area contributed by atoms with Crippen LogP contribution in [0.3, 0.4) is 0 Å². The van der Waals surface area contributed by atoms with Gasteiger partial charge in [0.2, 0.25) is 0 Å². The van der Waals surface area contributed by atoms with Crippen molar-refractivity contribution in [1.82, 2.24) is 5.32 Å². The van der Waals surface area contributed by atoms with Crippen molar-refractivity contribution in [3.05, 3.63) is 23.8 Å². The van der Waals surface area contributed by atoms with E-state index < -0.39 is 16.0 Å². The van der Waals surface area contributed by atoms with Crippen molar-refractivity contribution in [2.24, 2.45) is 0 Å². The molecule has 0 bridgehead atoms. The highest BCUT2D eigenvalue weighted by Gasteiger charge is 2.21. The van der Waals surface area contributed by atoms with E-state index >= 15 is 0 Å². The Kier molecular flexibility index (Phi) is 4.92. The smallest absolute Gasteiger partial charge is 0.300 e. The van der Waals surface area contributed by atoms with Crippen LogP contribution < -0.4 is 10.1 Å². The van der Waals surface area contributed by atoms with Crippen molar-refractivity contribution in [1.29, 1.82) is 0 Å². The Bertz CT molecular complexity index is 615. The number of hydrogen-bond acceptors (Lipinski definition) is 5. The maximum absolute atomic E-state index is 11.7. The minimum absolute atomic E-state index is 0.0528. The molecule has 0 aliphatic carbocycles. The van der Waals surface area contributed by atoms with E-state index in [-0.39, 0.29) is 22.8 Å². The third-order valence-electron chi connectivity index (χ3n) is 2.27. The van der Waals surface area contributed by atoms with Gasteiger partial charge >= 0.3 is 0 Å². The summed E-state index contributed by atoms with van der Waals surface area (Å²) in [6, 6.07) is 3.97. The Morgan fingerprint density at radius 2 is 2.11 bits per heavy atom. The predicted octanol–water partition coefficient (Wildman–Crippen LogP) is 0.393. The molecule has 0 spiro atoms. The summed E-state index contributed by atoms with van der Waals surface area (Å²) >= 11 is 0. The highest BCUT2D eigenvalue weighted by Crippen LogP contribution is 2.26. The second kappa shape index (κ2) is 6.22. The van der Waals surface area contributed by atoms with Gasteiger partial charge in [-0.3, -0.25) is 8.98 Å². The van der Waals surface area contributed by atoms with Crippen LogP contribution in [0.15, 0.2) is 23.1 Å². The average Bonchev–Trinajstić information content (AvgIpc) is 2.43. The van der Waals surface area contributed by atoms with E-state index in [2.05, 4.69) is 15.4 Å². The molecule has 6 nitrogen and oxygen atoms in total. The van der Waals surface area contributed by atoms with Gasteiger partial charge in [0.1, 0.15) is 10.6 Å². The zero-order valence-corrected chi connectivity index (χ0v) is 11.3. The molecule has 0 aromatic heterocycles. The van der Waals surface area contributed by atoms with Crippen LogP contribution >= 0.6 is 0 Å². The van der Waals surface area contributed by atoms with Gasteiger partial charge in [-0.15, -0.1) is 6.42 Å². The Hall–Kier alpha value is -2.04. The number of hydrogen-bond donors (Lipinski definition) is 1. The van der Waals surface area contributed by atoms with Crippen molar-refractivity contribution in [2.45, 2.75) is 4.90 Å². The highest BCUT2D eigenvalue weighted by atomic mass is 32.2. The van der Waals surface area contributed by atoms with E-state index in [4.69, 9.17) is 11.2 Å². The molecule has 0 unspecified atom stereocenters. The highest BCUT2D eigenvalue weighted by molar-refractivity contribution is 7.86. The van der Waals surface area contributed by atoms with E-state index in [1.807, 2.05) is 0 Å². The summed E-state index contributed by atoms with van der Waals surface area (Å²) in [5, 5.41) is 2.43. The molecule has 0 aliphatic rings. The largest absolute Gasteiger partial charge is 0.495 e. The lowest BCUT2D eigenvalue weighted by atomic mass is 10.2. The number of methoxy groups -OCH3 is 1. The van der Waals surface area contributed by atoms with Crippen molar-refractivity contribution >= 4 is 16.0 Å². The topological polar surface area (TPSA) is 81.7 Å². The Morgan fingerprint density at radius 3 is 2.63 bits per heavy atom. The van der Waals surface area contributed by atoms with E-state index in [0.717, 1.165) is 7.11 Å². The van der Waals surface area contributed by atoms with Gasteiger partial charge in [0.25, 0.3) is 16.0 Å². The van der Waals surface area contributed by atoms with E-state index in [0.29, 0.717) is 0 Å². The molecule has 1 amide bonds. The van der Waals surface area contributed by atoms with Crippen LogP contribution in [-0.2, 0) is 14.3 Å². The number of amides is 1. The van der Waals surface area contributed by atoms with Gasteiger partial charge in [0.15, 0.2) is 0 Å². The lowest BCUT2D eigenvalue weighted by Gasteiger charge is -2.09. The Morgan fingerprint density at radius 1 is 1.42 bits per heavy atom. The summed E-state index contributed by atoms with van der Waals surface area (Å²) in [5.74, 6) is 1.86. The van der Waals surface area contributed by atoms with Gasteiger partial charge < -0.3 is 10.1 Å². The van der Waals surface area contributed by atoms with Crippen LogP contribution in [0.1, 0.15) is 10.4 Å². The number of nitrogens with one attached hydrogen (secondary N) is 1. The minimum Gasteiger partial charge on any atom is -0.495 e. The predicted molar refractivity (Wildman–Crippen MR) is 68.4 cm³/mol. The molecular formula is C12H13NO5S. The molecule has 102 valence electrons. The zero-order chi connectivity index (χ0) is 14.5. The quantitative estimate of drug-likeness (QED) is 0.624. The van der Waals surface area contributed by atoms with Gasteiger partial charge in [-0.25, -0.2) is 0 Å². The third kappa shape index (κ3) is 3.47. The molecule has 1 aromatic rings.